The van der Waals surface area contributed by atoms with Gasteiger partial charge in [0.2, 0.25) is 0 Å². The van der Waals surface area contributed by atoms with E-state index in [4.69, 9.17) is 11.6 Å². The summed E-state index contributed by atoms with van der Waals surface area (Å²) in [6.07, 6.45) is 5.10. The molecule has 1 aromatic heterocycles. The van der Waals surface area contributed by atoms with Gasteiger partial charge in [0.15, 0.2) is 0 Å². The largest absolute Gasteiger partial charge is 0.309 e. The molecule has 1 aromatic carbocycles. The Hall–Kier alpha value is -0.830. The van der Waals surface area contributed by atoms with Crippen LogP contribution in [0.25, 0.3) is 0 Å². The van der Waals surface area contributed by atoms with Gasteiger partial charge in [-0.25, -0.2) is 0 Å². The zero-order valence-corrected chi connectivity index (χ0v) is 13.6. The highest BCUT2D eigenvalue weighted by molar-refractivity contribution is 7.10. The third-order valence-electron chi connectivity index (χ3n) is 4.18. The van der Waals surface area contributed by atoms with E-state index in [1.807, 2.05) is 7.05 Å². The lowest BCUT2D eigenvalue weighted by atomic mass is 9.89. The number of nitrogens with one attached hydrogen (secondary N) is 1. The molecule has 1 unspecified atom stereocenters. The van der Waals surface area contributed by atoms with Crippen molar-refractivity contribution in [3.8, 4) is 0 Å². The van der Waals surface area contributed by atoms with E-state index < -0.39 is 0 Å². The Labute approximate surface area is 130 Å². The van der Waals surface area contributed by atoms with Crippen molar-refractivity contribution in [2.75, 3.05) is 7.05 Å². The molecule has 1 aliphatic carbocycles. The van der Waals surface area contributed by atoms with E-state index in [0.29, 0.717) is 0 Å². The second-order valence-electron chi connectivity index (χ2n) is 5.55. The standard InChI is InChI=1S/C17H20ClNS/c1-11-10-20-17(15(11)18)16(19-2)14-8-7-12-5-3-4-6-13(12)9-14/h7-10,16,19H,3-6H2,1-2H3. The van der Waals surface area contributed by atoms with Crippen molar-refractivity contribution in [2.24, 2.45) is 0 Å². The third-order valence-corrected chi connectivity index (χ3v) is 5.96. The number of hydrogen-bond acceptors (Lipinski definition) is 2. The predicted octanol–water partition coefficient (Wildman–Crippen LogP) is 4.90. The smallest absolute Gasteiger partial charge is 0.0683 e. The molecule has 0 radical (unpaired) electrons. The van der Waals surface area contributed by atoms with Crippen LogP contribution in [0.15, 0.2) is 23.6 Å². The second kappa shape index (κ2) is 5.88. The second-order valence-corrected chi connectivity index (χ2v) is 6.84. The first-order chi connectivity index (χ1) is 9.70. The Morgan fingerprint density at radius 1 is 1.20 bits per heavy atom. The first kappa shape index (κ1) is 14.1. The van der Waals surface area contributed by atoms with Crippen molar-refractivity contribution in [2.45, 2.75) is 38.6 Å². The number of rotatable bonds is 3. The summed E-state index contributed by atoms with van der Waals surface area (Å²) < 4.78 is 0. The first-order valence-corrected chi connectivity index (χ1v) is 8.49. The average Bonchev–Trinajstić information content (AvgIpc) is 2.80. The molecule has 0 fully saturated rings. The fourth-order valence-corrected chi connectivity index (χ4v) is 4.46. The van der Waals surface area contributed by atoms with Crippen LogP contribution in [0, 0.1) is 6.92 Å². The number of aryl methyl sites for hydroxylation is 3. The molecule has 106 valence electrons. The van der Waals surface area contributed by atoms with Crippen LogP contribution in [-0.2, 0) is 12.8 Å². The van der Waals surface area contributed by atoms with Crippen molar-refractivity contribution < 1.29 is 0 Å². The maximum absolute atomic E-state index is 6.45. The van der Waals surface area contributed by atoms with Crippen LogP contribution in [0.2, 0.25) is 5.02 Å². The van der Waals surface area contributed by atoms with Crippen LogP contribution in [0.1, 0.15) is 46.0 Å². The van der Waals surface area contributed by atoms with Gasteiger partial charge in [-0.2, -0.15) is 0 Å². The molecule has 1 aliphatic rings. The third kappa shape index (κ3) is 2.52. The Bertz CT molecular complexity index is 617. The number of thiophene rings is 1. The normalized spacial score (nSPS) is 15.9. The van der Waals surface area contributed by atoms with Gasteiger partial charge in [-0.3, -0.25) is 0 Å². The summed E-state index contributed by atoms with van der Waals surface area (Å²) in [4.78, 5) is 1.22. The van der Waals surface area contributed by atoms with Crippen LogP contribution >= 0.6 is 22.9 Å². The lowest BCUT2D eigenvalue weighted by Crippen LogP contribution is -2.17. The topological polar surface area (TPSA) is 12.0 Å². The first-order valence-electron chi connectivity index (χ1n) is 7.23. The van der Waals surface area contributed by atoms with E-state index in [1.165, 1.54) is 52.8 Å². The highest BCUT2D eigenvalue weighted by atomic mass is 35.5. The van der Waals surface area contributed by atoms with Crippen molar-refractivity contribution >= 4 is 22.9 Å². The maximum atomic E-state index is 6.45. The van der Waals surface area contributed by atoms with Crippen molar-refractivity contribution in [3.63, 3.8) is 0 Å². The van der Waals surface area contributed by atoms with Crippen LogP contribution in [0.5, 0.6) is 0 Å². The molecule has 3 rings (SSSR count). The van der Waals surface area contributed by atoms with Crippen LogP contribution < -0.4 is 5.32 Å². The van der Waals surface area contributed by atoms with E-state index in [1.54, 1.807) is 11.3 Å². The van der Waals surface area contributed by atoms with E-state index in [9.17, 15) is 0 Å². The molecule has 1 atom stereocenters. The molecule has 2 aromatic rings. The lowest BCUT2D eigenvalue weighted by Gasteiger charge is -2.21. The van der Waals surface area contributed by atoms with Gasteiger partial charge < -0.3 is 5.32 Å². The molecule has 1 heterocycles. The van der Waals surface area contributed by atoms with Crippen LogP contribution in [0.3, 0.4) is 0 Å². The molecule has 0 saturated heterocycles. The summed E-state index contributed by atoms with van der Waals surface area (Å²) in [5.41, 5.74) is 5.56. The van der Waals surface area contributed by atoms with E-state index >= 15 is 0 Å². The van der Waals surface area contributed by atoms with Crippen molar-refractivity contribution in [1.82, 2.24) is 5.32 Å². The number of benzene rings is 1. The molecule has 0 aliphatic heterocycles. The van der Waals surface area contributed by atoms with Gasteiger partial charge in [0.25, 0.3) is 0 Å². The van der Waals surface area contributed by atoms with Gasteiger partial charge in [0.1, 0.15) is 0 Å². The number of hydrogen-bond donors (Lipinski definition) is 1. The van der Waals surface area contributed by atoms with Gasteiger partial charge in [0, 0.05) is 4.88 Å². The van der Waals surface area contributed by atoms with Gasteiger partial charge in [-0.05, 0) is 67.3 Å². The van der Waals surface area contributed by atoms with Gasteiger partial charge in [-0.1, -0.05) is 29.8 Å². The summed E-state index contributed by atoms with van der Waals surface area (Å²) in [7, 11) is 2.01. The molecule has 0 saturated carbocycles. The van der Waals surface area contributed by atoms with Crippen LogP contribution in [0.4, 0.5) is 0 Å². The monoisotopic (exact) mass is 305 g/mol. The van der Waals surface area contributed by atoms with Crippen molar-refractivity contribution in [3.05, 3.63) is 55.7 Å². The predicted molar refractivity (Wildman–Crippen MR) is 88.1 cm³/mol. The summed E-state index contributed by atoms with van der Waals surface area (Å²) in [6.45, 7) is 2.07. The molecule has 3 heteroatoms. The Balaban J connectivity index is 1.99. The molecule has 0 spiro atoms. The molecule has 20 heavy (non-hydrogen) atoms. The quantitative estimate of drug-likeness (QED) is 0.850. The number of halogens is 1. The minimum absolute atomic E-state index is 0.202. The maximum Gasteiger partial charge on any atom is 0.0683 e. The summed E-state index contributed by atoms with van der Waals surface area (Å²) in [5.74, 6) is 0. The fourth-order valence-electron chi connectivity index (χ4n) is 3.03. The van der Waals surface area contributed by atoms with Gasteiger partial charge in [-0.15, -0.1) is 11.3 Å². The SMILES string of the molecule is CNC(c1ccc2c(c1)CCCC2)c1scc(C)c1Cl. The van der Waals surface area contributed by atoms with E-state index in [0.717, 1.165) is 5.02 Å². The molecule has 0 bridgehead atoms. The minimum atomic E-state index is 0.202. The zero-order chi connectivity index (χ0) is 14.1. The lowest BCUT2D eigenvalue weighted by molar-refractivity contribution is 0.672. The van der Waals surface area contributed by atoms with Gasteiger partial charge in [0.05, 0.1) is 11.1 Å². The van der Waals surface area contributed by atoms with Crippen LogP contribution in [-0.4, -0.2) is 7.05 Å². The average molecular weight is 306 g/mol. The number of fused-ring (bicyclic) bond motifs is 1. The molecule has 1 nitrogen and oxygen atoms in total. The summed E-state index contributed by atoms with van der Waals surface area (Å²) in [5, 5.41) is 6.47. The summed E-state index contributed by atoms with van der Waals surface area (Å²) in [6, 6.07) is 7.15. The minimum Gasteiger partial charge on any atom is -0.309 e. The zero-order valence-electron chi connectivity index (χ0n) is 12.0. The summed E-state index contributed by atoms with van der Waals surface area (Å²) >= 11 is 8.19. The van der Waals surface area contributed by atoms with Crippen molar-refractivity contribution in [1.29, 1.82) is 0 Å². The fraction of sp³-hybridized carbons (Fsp3) is 0.412. The van der Waals surface area contributed by atoms with E-state index in [2.05, 4.69) is 35.8 Å². The van der Waals surface area contributed by atoms with Gasteiger partial charge >= 0.3 is 0 Å². The highest BCUT2D eigenvalue weighted by Crippen LogP contribution is 2.36. The Morgan fingerprint density at radius 3 is 2.60 bits per heavy atom. The molecular formula is C17H20ClNS. The molecule has 1 N–H and O–H groups in total. The molecular weight excluding hydrogens is 286 g/mol. The highest BCUT2D eigenvalue weighted by Gasteiger charge is 2.20. The molecule has 0 amide bonds. The Morgan fingerprint density at radius 2 is 1.95 bits per heavy atom. The van der Waals surface area contributed by atoms with E-state index in [-0.39, 0.29) is 6.04 Å². The Kier molecular flexibility index (Phi) is 4.16.